The predicted molar refractivity (Wildman–Crippen MR) is 97.1 cm³/mol. The third-order valence-corrected chi connectivity index (χ3v) is 4.69. The Morgan fingerprint density at radius 3 is 2.77 bits per heavy atom. The van der Waals surface area contributed by atoms with E-state index in [0.717, 1.165) is 0 Å². The van der Waals surface area contributed by atoms with Gasteiger partial charge in [0.2, 0.25) is 0 Å². The number of halogens is 1. The average molecular weight is 398 g/mol. The zero-order valence-electron chi connectivity index (χ0n) is 13.8. The van der Waals surface area contributed by atoms with Crippen LogP contribution < -0.4 is 10.3 Å². The van der Waals surface area contributed by atoms with Crippen molar-refractivity contribution in [2.75, 3.05) is 12.1 Å². The molecular formula is C15H17ClN5O4P. The van der Waals surface area contributed by atoms with Gasteiger partial charge in [0.1, 0.15) is 17.6 Å². The van der Waals surface area contributed by atoms with Crippen LogP contribution in [0.15, 0.2) is 36.9 Å². The molecule has 0 fully saturated rings. The fourth-order valence-electron chi connectivity index (χ4n) is 2.27. The molecule has 0 amide bonds. The van der Waals surface area contributed by atoms with Crippen LogP contribution in [-0.4, -0.2) is 36.9 Å². The Hall–Kier alpha value is -2.19. The average Bonchev–Trinajstić information content (AvgIpc) is 3.00. The normalized spacial score (nSPS) is 14.9. The first-order valence-electron chi connectivity index (χ1n) is 7.64. The molecule has 1 aromatic carbocycles. The molecule has 0 radical (unpaired) electrons. The number of rotatable bonds is 7. The van der Waals surface area contributed by atoms with E-state index in [2.05, 4.69) is 15.0 Å². The zero-order chi connectivity index (χ0) is 18.7. The molecule has 2 atom stereocenters. The molecule has 3 N–H and O–H groups in total. The van der Waals surface area contributed by atoms with Gasteiger partial charge in [-0.3, -0.25) is 0 Å². The molecule has 11 heteroatoms. The molecule has 2 unspecified atom stereocenters. The molecule has 0 aliphatic carbocycles. The SMILES string of the molecule is CC(Cn1cnc2c(N)ncnc21)OCP(=O)(O)Oc1ccc(Cl)cc1. The molecule has 3 rings (SSSR count). The van der Waals surface area contributed by atoms with Crippen LogP contribution in [0.25, 0.3) is 11.2 Å². The van der Waals surface area contributed by atoms with Gasteiger partial charge in [-0.25, -0.2) is 19.5 Å². The second-order valence-corrected chi connectivity index (χ2v) is 7.77. The Labute approximate surface area is 154 Å². The van der Waals surface area contributed by atoms with Crippen LogP contribution in [0.5, 0.6) is 5.75 Å². The van der Waals surface area contributed by atoms with Crippen LogP contribution >= 0.6 is 19.2 Å². The summed E-state index contributed by atoms with van der Waals surface area (Å²) in [5.41, 5.74) is 6.81. The van der Waals surface area contributed by atoms with E-state index in [4.69, 9.17) is 26.6 Å². The molecule has 0 saturated carbocycles. The highest BCUT2D eigenvalue weighted by Gasteiger charge is 2.23. The molecule has 26 heavy (non-hydrogen) atoms. The number of nitrogen functional groups attached to an aromatic ring is 1. The van der Waals surface area contributed by atoms with Crippen LogP contribution in [0.4, 0.5) is 5.82 Å². The van der Waals surface area contributed by atoms with Gasteiger partial charge in [0, 0.05) is 5.02 Å². The van der Waals surface area contributed by atoms with E-state index in [1.54, 1.807) is 30.0 Å². The lowest BCUT2D eigenvalue weighted by Crippen LogP contribution is -2.18. The summed E-state index contributed by atoms with van der Waals surface area (Å²) in [7, 11) is -3.97. The zero-order valence-corrected chi connectivity index (χ0v) is 15.5. The molecule has 138 valence electrons. The maximum atomic E-state index is 12.2. The van der Waals surface area contributed by atoms with Crippen LogP contribution in [0.3, 0.4) is 0 Å². The molecular weight excluding hydrogens is 381 g/mol. The minimum Gasteiger partial charge on any atom is -0.423 e. The van der Waals surface area contributed by atoms with Gasteiger partial charge in [0.15, 0.2) is 17.8 Å². The van der Waals surface area contributed by atoms with Gasteiger partial charge < -0.3 is 24.5 Å². The van der Waals surface area contributed by atoms with Gasteiger partial charge in [0.25, 0.3) is 0 Å². The van der Waals surface area contributed by atoms with E-state index in [-0.39, 0.29) is 5.75 Å². The second-order valence-electron chi connectivity index (χ2n) is 5.62. The lowest BCUT2D eigenvalue weighted by molar-refractivity contribution is 0.0772. The molecule has 2 heterocycles. The summed E-state index contributed by atoms with van der Waals surface area (Å²) < 4.78 is 24.5. The minimum absolute atomic E-state index is 0.240. The second kappa shape index (κ2) is 7.59. The van der Waals surface area contributed by atoms with E-state index in [1.807, 2.05) is 0 Å². The van der Waals surface area contributed by atoms with Crippen molar-refractivity contribution in [1.29, 1.82) is 0 Å². The van der Waals surface area contributed by atoms with Crippen molar-refractivity contribution in [2.24, 2.45) is 0 Å². The van der Waals surface area contributed by atoms with E-state index < -0.39 is 20.0 Å². The number of imidazole rings is 1. The number of hydrogen-bond donors (Lipinski definition) is 2. The lowest BCUT2D eigenvalue weighted by atomic mass is 10.3. The van der Waals surface area contributed by atoms with Crippen LogP contribution in [0.1, 0.15) is 6.92 Å². The Morgan fingerprint density at radius 1 is 1.31 bits per heavy atom. The van der Waals surface area contributed by atoms with E-state index in [1.165, 1.54) is 18.5 Å². The van der Waals surface area contributed by atoms with E-state index >= 15 is 0 Å². The monoisotopic (exact) mass is 397 g/mol. The molecule has 2 aromatic heterocycles. The van der Waals surface area contributed by atoms with Crippen molar-refractivity contribution < 1.29 is 18.7 Å². The number of aromatic nitrogens is 4. The third-order valence-electron chi connectivity index (χ3n) is 3.47. The molecule has 3 aromatic rings. The van der Waals surface area contributed by atoms with Gasteiger partial charge in [-0.05, 0) is 31.2 Å². The van der Waals surface area contributed by atoms with Gasteiger partial charge in [-0.15, -0.1) is 0 Å². The van der Waals surface area contributed by atoms with Crippen molar-refractivity contribution >= 4 is 36.2 Å². The van der Waals surface area contributed by atoms with Gasteiger partial charge >= 0.3 is 7.60 Å². The number of anilines is 1. The highest BCUT2D eigenvalue weighted by Crippen LogP contribution is 2.43. The fraction of sp³-hybridized carbons (Fsp3) is 0.267. The summed E-state index contributed by atoms with van der Waals surface area (Å²) in [5, 5.41) is 0.506. The Bertz CT molecular complexity index is 949. The quantitative estimate of drug-likeness (QED) is 0.583. The van der Waals surface area contributed by atoms with E-state index in [0.29, 0.717) is 28.5 Å². The molecule has 0 aliphatic rings. The van der Waals surface area contributed by atoms with Crippen LogP contribution in [0.2, 0.25) is 5.02 Å². The summed E-state index contributed by atoms with van der Waals surface area (Å²) in [4.78, 5) is 22.1. The van der Waals surface area contributed by atoms with Crippen molar-refractivity contribution in [3.8, 4) is 5.75 Å². The predicted octanol–water partition coefficient (Wildman–Crippen LogP) is 2.69. The van der Waals surface area contributed by atoms with Crippen LogP contribution in [-0.2, 0) is 15.8 Å². The van der Waals surface area contributed by atoms with Gasteiger partial charge in [-0.1, -0.05) is 11.6 Å². The maximum absolute atomic E-state index is 12.2. The number of ether oxygens (including phenoxy) is 1. The summed E-state index contributed by atoms with van der Waals surface area (Å²) in [6.45, 7) is 2.13. The summed E-state index contributed by atoms with van der Waals surface area (Å²) in [5.74, 6) is 0.530. The number of nitrogens with zero attached hydrogens (tertiary/aromatic N) is 4. The largest absolute Gasteiger partial charge is 0.423 e. The number of hydrogen-bond acceptors (Lipinski definition) is 7. The highest BCUT2D eigenvalue weighted by molar-refractivity contribution is 7.53. The summed E-state index contributed by atoms with van der Waals surface area (Å²) in [6, 6.07) is 6.16. The van der Waals surface area contributed by atoms with E-state index in [9.17, 15) is 9.46 Å². The molecule has 0 spiro atoms. The fourth-order valence-corrected chi connectivity index (χ4v) is 3.34. The molecule has 0 saturated heterocycles. The molecule has 9 nitrogen and oxygen atoms in total. The van der Waals surface area contributed by atoms with Crippen molar-refractivity contribution in [2.45, 2.75) is 19.6 Å². The first kappa shape index (κ1) is 18.6. The van der Waals surface area contributed by atoms with Crippen molar-refractivity contribution in [3.05, 3.63) is 41.9 Å². The standard InChI is InChI=1S/C15H17ClN5O4P/c1-10(6-21-8-20-13-14(17)18-7-19-15(13)21)24-9-26(22,23)25-12-4-2-11(16)3-5-12/h2-5,7-8,10H,6,9H2,1H3,(H,22,23)(H2,17,18,19). The molecule has 0 bridgehead atoms. The van der Waals surface area contributed by atoms with Crippen molar-refractivity contribution in [3.63, 3.8) is 0 Å². The first-order chi connectivity index (χ1) is 12.3. The molecule has 0 aliphatic heterocycles. The number of benzene rings is 1. The number of nitrogens with two attached hydrogens (primary N) is 1. The lowest BCUT2D eigenvalue weighted by Gasteiger charge is -2.17. The topological polar surface area (TPSA) is 125 Å². The van der Waals surface area contributed by atoms with Gasteiger partial charge in [-0.2, -0.15) is 0 Å². The van der Waals surface area contributed by atoms with Gasteiger partial charge in [0.05, 0.1) is 19.0 Å². The summed E-state index contributed by atoms with van der Waals surface area (Å²) in [6.07, 6.45) is 2.07. The third kappa shape index (κ3) is 4.50. The maximum Gasteiger partial charge on any atom is 0.402 e. The Morgan fingerprint density at radius 2 is 2.04 bits per heavy atom. The minimum atomic E-state index is -3.97. The highest BCUT2D eigenvalue weighted by atomic mass is 35.5. The Kier molecular flexibility index (Phi) is 5.43. The summed E-state index contributed by atoms with van der Waals surface area (Å²) >= 11 is 5.77. The number of fused-ring (bicyclic) bond motifs is 1. The first-order valence-corrected chi connectivity index (χ1v) is 9.78. The van der Waals surface area contributed by atoms with Crippen molar-refractivity contribution in [1.82, 2.24) is 19.5 Å². The smallest absolute Gasteiger partial charge is 0.402 e. The Balaban J connectivity index is 1.59. The van der Waals surface area contributed by atoms with Crippen LogP contribution in [0, 0.1) is 0 Å².